The summed E-state index contributed by atoms with van der Waals surface area (Å²) >= 11 is 0. The van der Waals surface area contributed by atoms with Gasteiger partial charge in [0.25, 0.3) is 0 Å². The summed E-state index contributed by atoms with van der Waals surface area (Å²) in [6, 6.07) is 15.2. The second kappa shape index (κ2) is 13.0. The summed E-state index contributed by atoms with van der Waals surface area (Å²) in [5.74, 6) is -5.21. The zero-order valence-electron chi connectivity index (χ0n) is 28.2. The van der Waals surface area contributed by atoms with Gasteiger partial charge in [-0.05, 0) is 85.9 Å². The third-order valence-corrected chi connectivity index (χ3v) is 10.2. The number of Topliss-reactive ketones (excluding diaryl/α,β-unsaturated/α-hetero) is 1. The van der Waals surface area contributed by atoms with E-state index in [0.29, 0.717) is 22.8 Å². The van der Waals surface area contributed by atoms with E-state index in [2.05, 4.69) is 4.74 Å². The predicted octanol–water partition coefficient (Wildman–Crippen LogP) is 7.11. The lowest BCUT2D eigenvalue weighted by molar-refractivity contribution is -0.274. The van der Waals surface area contributed by atoms with Gasteiger partial charge in [-0.1, -0.05) is 35.9 Å². The third kappa shape index (κ3) is 5.97. The molecule has 2 amide bonds. The van der Waals surface area contributed by atoms with Crippen molar-refractivity contribution < 1.29 is 51.7 Å². The van der Waals surface area contributed by atoms with E-state index in [1.807, 2.05) is 18.2 Å². The number of imide groups is 1. The summed E-state index contributed by atoms with van der Waals surface area (Å²) in [6.07, 6.45) is 1.67. The van der Waals surface area contributed by atoms with E-state index in [-0.39, 0.29) is 35.1 Å². The molecule has 1 saturated heterocycles. The SMILES string of the molecule is COc1ccc(OC)c(C=Cc2ccc(N3C(=O)C4CC=C5C(c6cc(OC(F)(F)F)ccc6O)C6=C(CC5C4C3=O)C(=O)C=C(C)C6=O)cc2)c1. The topological polar surface area (TPSA) is 119 Å². The van der Waals surface area contributed by atoms with Crippen molar-refractivity contribution in [2.24, 2.45) is 17.8 Å². The Morgan fingerprint density at radius 3 is 2.29 bits per heavy atom. The number of ether oxygens (including phenoxy) is 3. The normalized spacial score (nSPS) is 22.9. The maximum absolute atomic E-state index is 14.3. The second-order valence-corrected chi connectivity index (χ2v) is 13.0. The first-order chi connectivity index (χ1) is 24.8. The minimum absolute atomic E-state index is 0.0307. The number of ketones is 2. The summed E-state index contributed by atoms with van der Waals surface area (Å²) in [7, 11) is 3.13. The number of methoxy groups -OCH3 is 2. The van der Waals surface area contributed by atoms with Gasteiger partial charge in [0.15, 0.2) is 11.6 Å². The molecule has 4 unspecified atom stereocenters. The third-order valence-electron chi connectivity index (χ3n) is 10.2. The Hall–Kier alpha value is -5.91. The van der Waals surface area contributed by atoms with Crippen LogP contribution in [0.25, 0.3) is 12.2 Å². The van der Waals surface area contributed by atoms with Crippen LogP contribution in [0.5, 0.6) is 23.0 Å². The standard InChI is InChI=1S/C40H32F3NO8/c1-20-16-32(46)30-19-28-26(34(36(30)37(20)47)29-18-25(10-14-31(29)45)52-40(41,42)43)12-13-27-35(28)39(49)44(38(27)48)23-8-5-21(6-9-23)4-7-22-17-24(50-2)11-15-33(22)51-3/h4-12,14-18,27-28,34-35,45H,13,19H2,1-3H3. The monoisotopic (exact) mass is 711 g/mol. The number of amides is 2. The number of phenolic OH excluding ortho intramolecular Hbond substituents is 1. The number of nitrogens with zero attached hydrogens (tertiary/aromatic N) is 1. The number of carbonyl (C=O) groups is 4. The number of aromatic hydroxyl groups is 1. The largest absolute Gasteiger partial charge is 0.573 e. The number of benzene rings is 3. The quantitative estimate of drug-likeness (QED) is 0.119. The Morgan fingerprint density at radius 2 is 1.60 bits per heavy atom. The van der Waals surface area contributed by atoms with Crippen molar-refractivity contribution in [2.45, 2.75) is 32.0 Å². The number of hydrogen-bond donors (Lipinski definition) is 1. The zero-order chi connectivity index (χ0) is 37.1. The molecule has 3 aromatic carbocycles. The molecule has 3 aliphatic carbocycles. The zero-order valence-corrected chi connectivity index (χ0v) is 28.2. The van der Waals surface area contributed by atoms with E-state index in [1.54, 1.807) is 56.7 Å². The Balaban J connectivity index is 1.22. The minimum atomic E-state index is -5.03. The van der Waals surface area contributed by atoms with Crippen LogP contribution in [0, 0.1) is 17.8 Å². The fraction of sp³-hybridized carbons (Fsp3) is 0.250. The van der Waals surface area contributed by atoms with Crippen molar-refractivity contribution >= 4 is 41.2 Å². The van der Waals surface area contributed by atoms with Gasteiger partial charge < -0.3 is 19.3 Å². The Labute approximate surface area is 296 Å². The molecular formula is C40H32F3NO8. The fourth-order valence-corrected chi connectivity index (χ4v) is 7.82. The molecule has 0 bridgehead atoms. The molecule has 0 radical (unpaired) electrons. The van der Waals surface area contributed by atoms with Gasteiger partial charge in [-0.3, -0.25) is 24.1 Å². The van der Waals surface area contributed by atoms with Gasteiger partial charge in [-0.15, -0.1) is 13.2 Å². The van der Waals surface area contributed by atoms with Gasteiger partial charge in [0.2, 0.25) is 11.8 Å². The number of alkyl halides is 3. The average molecular weight is 712 g/mol. The summed E-state index contributed by atoms with van der Waals surface area (Å²) < 4.78 is 54.5. The summed E-state index contributed by atoms with van der Waals surface area (Å²) in [5, 5.41) is 11.0. The minimum Gasteiger partial charge on any atom is -0.508 e. The number of fused-ring (bicyclic) bond motifs is 3. The lowest BCUT2D eigenvalue weighted by Gasteiger charge is -2.42. The second-order valence-electron chi connectivity index (χ2n) is 13.0. The molecule has 4 atom stereocenters. The first kappa shape index (κ1) is 34.5. The molecule has 4 aliphatic rings. The summed E-state index contributed by atoms with van der Waals surface area (Å²) in [5.41, 5.74) is 2.60. The van der Waals surface area contributed by atoms with Gasteiger partial charge in [0.1, 0.15) is 23.0 Å². The van der Waals surface area contributed by atoms with Crippen LogP contribution in [0.15, 0.2) is 95.1 Å². The van der Waals surface area contributed by atoms with Gasteiger partial charge in [0, 0.05) is 33.8 Å². The molecule has 9 nitrogen and oxygen atoms in total. The molecule has 0 aromatic heterocycles. The van der Waals surface area contributed by atoms with E-state index >= 15 is 0 Å². The van der Waals surface area contributed by atoms with Crippen LogP contribution in [0.2, 0.25) is 0 Å². The molecule has 1 heterocycles. The van der Waals surface area contributed by atoms with E-state index in [4.69, 9.17) is 9.47 Å². The molecule has 0 saturated carbocycles. The first-order valence-corrected chi connectivity index (χ1v) is 16.5. The molecule has 12 heteroatoms. The Kier molecular flexibility index (Phi) is 8.64. The van der Waals surface area contributed by atoms with E-state index in [1.165, 1.54) is 13.0 Å². The number of rotatable bonds is 7. The van der Waals surface area contributed by atoms with Crippen LogP contribution in [0.4, 0.5) is 18.9 Å². The fourth-order valence-electron chi connectivity index (χ4n) is 7.82. The van der Waals surface area contributed by atoms with Crippen LogP contribution in [-0.2, 0) is 19.2 Å². The first-order valence-electron chi connectivity index (χ1n) is 16.5. The lowest BCUT2D eigenvalue weighted by atomic mass is 9.59. The molecule has 1 aliphatic heterocycles. The van der Waals surface area contributed by atoms with Crippen molar-refractivity contribution in [3.63, 3.8) is 0 Å². The summed E-state index contributed by atoms with van der Waals surface area (Å²) in [6.45, 7) is 1.47. The Bertz CT molecular complexity index is 2160. The van der Waals surface area contributed by atoms with Crippen LogP contribution in [-0.4, -0.2) is 49.1 Å². The number of allylic oxidation sites excluding steroid dienone is 6. The molecule has 0 spiro atoms. The Morgan fingerprint density at radius 1 is 0.865 bits per heavy atom. The molecule has 52 heavy (non-hydrogen) atoms. The van der Waals surface area contributed by atoms with Crippen LogP contribution in [0.3, 0.4) is 0 Å². The smallest absolute Gasteiger partial charge is 0.508 e. The highest BCUT2D eigenvalue weighted by Crippen LogP contribution is 2.56. The van der Waals surface area contributed by atoms with E-state index in [0.717, 1.165) is 34.2 Å². The van der Waals surface area contributed by atoms with Crippen molar-refractivity contribution in [3.8, 4) is 23.0 Å². The number of halogens is 3. The number of anilines is 1. The highest BCUT2D eigenvalue weighted by Gasteiger charge is 2.57. The van der Waals surface area contributed by atoms with Gasteiger partial charge in [-0.2, -0.15) is 0 Å². The highest BCUT2D eigenvalue weighted by atomic mass is 19.4. The molecule has 7 rings (SSSR count). The maximum atomic E-state index is 14.3. The van der Waals surface area contributed by atoms with Crippen molar-refractivity contribution in [3.05, 3.63) is 112 Å². The predicted molar refractivity (Wildman–Crippen MR) is 184 cm³/mol. The van der Waals surface area contributed by atoms with Crippen LogP contribution in [0.1, 0.15) is 42.4 Å². The highest BCUT2D eigenvalue weighted by molar-refractivity contribution is 6.25. The van der Waals surface area contributed by atoms with E-state index < -0.39 is 64.9 Å². The average Bonchev–Trinajstić information content (AvgIpc) is 3.38. The van der Waals surface area contributed by atoms with Gasteiger partial charge in [-0.25, -0.2) is 0 Å². The lowest BCUT2D eigenvalue weighted by Crippen LogP contribution is -2.39. The number of phenols is 1. The molecule has 3 aromatic rings. The van der Waals surface area contributed by atoms with Gasteiger partial charge in [0.05, 0.1) is 31.7 Å². The van der Waals surface area contributed by atoms with Crippen LogP contribution >= 0.6 is 0 Å². The number of carbonyl (C=O) groups excluding carboxylic acids is 4. The van der Waals surface area contributed by atoms with Gasteiger partial charge >= 0.3 is 6.36 Å². The summed E-state index contributed by atoms with van der Waals surface area (Å²) in [4.78, 5) is 56.4. The molecule has 266 valence electrons. The van der Waals surface area contributed by atoms with Crippen molar-refractivity contribution in [1.82, 2.24) is 0 Å². The molecule has 1 fully saturated rings. The van der Waals surface area contributed by atoms with E-state index in [9.17, 15) is 37.5 Å². The molecule has 1 N–H and O–H groups in total. The van der Waals surface area contributed by atoms with Crippen molar-refractivity contribution in [2.75, 3.05) is 19.1 Å². The number of hydrogen-bond acceptors (Lipinski definition) is 8. The maximum Gasteiger partial charge on any atom is 0.573 e. The van der Waals surface area contributed by atoms with Crippen LogP contribution < -0.4 is 19.1 Å². The van der Waals surface area contributed by atoms with Crippen molar-refractivity contribution in [1.29, 1.82) is 0 Å². The molecular weight excluding hydrogens is 679 g/mol.